The van der Waals surface area contributed by atoms with Crippen molar-refractivity contribution in [2.75, 3.05) is 33.2 Å². The molecule has 3 nitrogen and oxygen atoms in total. The van der Waals surface area contributed by atoms with Gasteiger partial charge >= 0.3 is 0 Å². The summed E-state index contributed by atoms with van der Waals surface area (Å²) in [6.07, 6.45) is 2.32. The monoisotopic (exact) mass is 240 g/mol. The average Bonchev–Trinajstić information content (AvgIpc) is 2.27. The third-order valence-electron chi connectivity index (χ3n) is 3.65. The van der Waals surface area contributed by atoms with E-state index in [-0.39, 0.29) is 5.41 Å². The molecular formula is C14H28N2O. The molecule has 0 spiro atoms. The molecular weight excluding hydrogens is 212 g/mol. The smallest absolute Gasteiger partial charge is 0.227 e. The molecule has 0 aromatic rings. The van der Waals surface area contributed by atoms with Crippen LogP contribution in [0.15, 0.2) is 0 Å². The Hall–Kier alpha value is -0.570. The molecule has 1 heterocycles. The fourth-order valence-electron chi connectivity index (χ4n) is 2.36. The van der Waals surface area contributed by atoms with Crippen molar-refractivity contribution in [2.45, 2.75) is 40.5 Å². The Bertz CT molecular complexity index is 249. The Balaban J connectivity index is 2.38. The lowest BCUT2D eigenvalue weighted by molar-refractivity contribution is -0.140. The van der Waals surface area contributed by atoms with Crippen LogP contribution in [0.5, 0.6) is 0 Å². The summed E-state index contributed by atoms with van der Waals surface area (Å²) >= 11 is 0. The van der Waals surface area contributed by atoms with E-state index in [1.165, 1.54) is 6.54 Å². The van der Waals surface area contributed by atoms with E-state index in [0.717, 1.165) is 38.4 Å². The van der Waals surface area contributed by atoms with Crippen LogP contribution >= 0.6 is 0 Å². The fourth-order valence-corrected chi connectivity index (χ4v) is 2.36. The third-order valence-corrected chi connectivity index (χ3v) is 3.65. The van der Waals surface area contributed by atoms with Gasteiger partial charge in [-0.1, -0.05) is 27.7 Å². The summed E-state index contributed by atoms with van der Waals surface area (Å²) in [5, 5.41) is 0. The van der Waals surface area contributed by atoms with E-state index in [2.05, 4.69) is 18.9 Å². The van der Waals surface area contributed by atoms with Crippen LogP contribution in [0.3, 0.4) is 0 Å². The van der Waals surface area contributed by atoms with Crippen LogP contribution in [0.4, 0.5) is 0 Å². The third kappa shape index (κ3) is 4.30. The Morgan fingerprint density at radius 2 is 1.82 bits per heavy atom. The highest BCUT2D eigenvalue weighted by Crippen LogP contribution is 2.23. The highest BCUT2D eigenvalue weighted by Gasteiger charge is 2.30. The van der Waals surface area contributed by atoms with E-state index in [9.17, 15) is 4.79 Å². The van der Waals surface area contributed by atoms with Crippen LogP contribution in [-0.2, 0) is 4.79 Å². The quantitative estimate of drug-likeness (QED) is 0.755. The van der Waals surface area contributed by atoms with Gasteiger partial charge in [-0.2, -0.15) is 0 Å². The molecule has 0 bridgehead atoms. The summed E-state index contributed by atoms with van der Waals surface area (Å²) < 4.78 is 0. The minimum atomic E-state index is -0.229. The molecule has 3 heteroatoms. The van der Waals surface area contributed by atoms with Crippen molar-refractivity contribution in [3.63, 3.8) is 0 Å². The minimum Gasteiger partial charge on any atom is -0.342 e. The molecule has 17 heavy (non-hydrogen) atoms. The van der Waals surface area contributed by atoms with E-state index in [0.29, 0.717) is 5.91 Å². The summed E-state index contributed by atoms with van der Waals surface area (Å²) in [5.74, 6) is 1.07. The highest BCUT2D eigenvalue weighted by molar-refractivity contribution is 5.81. The van der Waals surface area contributed by atoms with E-state index in [4.69, 9.17) is 0 Å². The van der Waals surface area contributed by atoms with Crippen LogP contribution in [0.25, 0.3) is 0 Å². The van der Waals surface area contributed by atoms with Gasteiger partial charge in [0.25, 0.3) is 0 Å². The number of rotatable bonds is 3. The predicted molar refractivity (Wildman–Crippen MR) is 71.9 cm³/mol. The molecule has 0 saturated carbocycles. The molecule has 0 aromatic heterocycles. The van der Waals surface area contributed by atoms with E-state index < -0.39 is 0 Å². The lowest BCUT2D eigenvalue weighted by Gasteiger charge is -2.36. The minimum absolute atomic E-state index is 0.229. The number of piperidine rings is 1. The largest absolute Gasteiger partial charge is 0.342 e. The SMILES string of the molecule is CCN(C)CC1CCN(C(=O)C(C)(C)C)CC1. The first kappa shape index (κ1) is 14.5. The summed E-state index contributed by atoms with van der Waals surface area (Å²) in [6.45, 7) is 12.4. The zero-order chi connectivity index (χ0) is 13.1. The van der Waals surface area contributed by atoms with Crippen LogP contribution in [0, 0.1) is 11.3 Å². The van der Waals surface area contributed by atoms with Crippen molar-refractivity contribution < 1.29 is 4.79 Å². The van der Waals surface area contributed by atoms with E-state index in [1.54, 1.807) is 0 Å². The molecule has 0 aromatic carbocycles. The standard InChI is InChI=1S/C14H28N2O/c1-6-15(5)11-12-7-9-16(10-8-12)13(17)14(2,3)4/h12H,6-11H2,1-5H3. The maximum absolute atomic E-state index is 12.1. The first-order valence-electron chi connectivity index (χ1n) is 6.82. The molecule has 1 saturated heterocycles. The molecule has 0 aliphatic carbocycles. The van der Waals surface area contributed by atoms with Crippen molar-refractivity contribution >= 4 is 5.91 Å². The van der Waals surface area contributed by atoms with E-state index >= 15 is 0 Å². The van der Waals surface area contributed by atoms with Gasteiger partial charge in [-0.3, -0.25) is 4.79 Å². The second-order valence-electron chi connectivity index (χ2n) is 6.34. The van der Waals surface area contributed by atoms with Crippen LogP contribution < -0.4 is 0 Å². The Labute approximate surface area is 106 Å². The van der Waals surface area contributed by atoms with Gasteiger partial charge in [-0.05, 0) is 32.4 Å². The first-order valence-corrected chi connectivity index (χ1v) is 6.82. The predicted octanol–water partition coefficient (Wildman–Crippen LogP) is 2.22. The second-order valence-corrected chi connectivity index (χ2v) is 6.34. The maximum Gasteiger partial charge on any atom is 0.227 e. The molecule has 0 N–H and O–H groups in total. The zero-order valence-electron chi connectivity index (χ0n) is 12.1. The molecule has 1 amide bonds. The molecule has 0 unspecified atom stereocenters. The Kier molecular flexibility index (Phi) is 4.99. The summed E-state index contributed by atoms with van der Waals surface area (Å²) in [4.78, 5) is 16.5. The van der Waals surface area contributed by atoms with Gasteiger partial charge in [-0.15, -0.1) is 0 Å². The summed E-state index contributed by atoms with van der Waals surface area (Å²) in [7, 11) is 2.17. The second kappa shape index (κ2) is 5.85. The fraction of sp³-hybridized carbons (Fsp3) is 0.929. The highest BCUT2D eigenvalue weighted by atomic mass is 16.2. The molecule has 0 radical (unpaired) electrons. The number of likely N-dealkylation sites (tertiary alicyclic amines) is 1. The number of nitrogens with zero attached hydrogens (tertiary/aromatic N) is 2. The Morgan fingerprint density at radius 1 is 1.29 bits per heavy atom. The first-order chi connectivity index (χ1) is 7.84. The lowest BCUT2D eigenvalue weighted by atomic mass is 9.91. The number of carbonyl (C=O) groups excluding carboxylic acids is 1. The van der Waals surface area contributed by atoms with Crippen molar-refractivity contribution in [3.8, 4) is 0 Å². The maximum atomic E-state index is 12.1. The van der Waals surface area contributed by atoms with Crippen LogP contribution in [0.1, 0.15) is 40.5 Å². The van der Waals surface area contributed by atoms with Gasteiger partial charge in [0.05, 0.1) is 0 Å². The van der Waals surface area contributed by atoms with Crippen LogP contribution in [0.2, 0.25) is 0 Å². The molecule has 100 valence electrons. The van der Waals surface area contributed by atoms with E-state index in [1.807, 2.05) is 25.7 Å². The van der Waals surface area contributed by atoms with Crippen molar-refractivity contribution in [1.82, 2.24) is 9.80 Å². The van der Waals surface area contributed by atoms with Gasteiger partial charge in [0.15, 0.2) is 0 Å². The Morgan fingerprint density at radius 3 is 2.24 bits per heavy atom. The lowest BCUT2D eigenvalue weighted by Crippen LogP contribution is -2.45. The van der Waals surface area contributed by atoms with Gasteiger partial charge in [-0.25, -0.2) is 0 Å². The van der Waals surface area contributed by atoms with Gasteiger partial charge in [0.1, 0.15) is 0 Å². The average molecular weight is 240 g/mol. The van der Waals surface area contributed by atoms with Gasteiger partial charge < -0.3 is 9.80 Å². The van der Waals surface area contributed by atoms with Gasteiger partial charge in [0, 0.05) is 25.0 Å². The summed E-state index contributed by atoms with van der Waals surface area (Å²) in [6, 6.07) is 0. The number of hydrogen-bond donors (Lipinski definition) is 0. The normalized spacial score (nSPS) is 18.8. The molecule has 1 aliphatic rings. The number of amides is 1. The topological polar surface area (TPSA) is 23.6 Å². The van der Waals surface area contributed by atoms with Crippen LogP contribution in [-0.4, -0.2) is 48.9 Å². The number of carbonyl (C=O) groups is 1. The molecule has 1 aliphatic heterocycles. The molecule has 1 rings (SSSR count). The van der Waals surface area contributed by atoms with Gasteiger partial charge in [0.2, 0.25) is 5.91 Å². The van der Waals surface area contributed by atoms with Crippen molar-refractivity contribution in [2.24, 2.45) is 11.3 Å². The number of hydrogen-bond acceptors (Lipinski definition) is 2. The summed E-state index contributed by atoms with van der Waals surface area (Å²) in [5.41, 5.74) is -0.229. The molecule has 0 atom stereocenters. The molecule has 1 fully saturated rings. The zero-order valence-corrected chi connectivity index (χ0v) is 12.1. The van der Waals surface area contributed by atoms with Crippen molar-refractivity contribution in [1.29, 1.82) is 0 Å². The van der Waals surface area contributed by atoms with Crippen molar-refractivity contribution in [3.05, 3.63) is 0 Å².